The van der Waals surface area contributed by atoms with Crippen LogP contribution in [0, 0.1) is 0 Å². The largest absolute Gasteiger partial charge is 0.495 e. The van der Waals surface area contributed by atoms with E-state index in [9.17, 15) is 26.4 Å². The zero-order valence-electron chi connectivity index (χ0n) is 29.7. The number of carbonyl (C=O) groups excluding carboxylic acids is 2. The number of ether oxygens (including phenoxy) is 2. The number of carbonyl (C=O) groups is 2. The number of nitrogens with zero attached hydrogens (tertiary/aromatic N) is 4. The minimum atomic E-state index is -4.23. The van der Waals surface area contributed by atoms with E-state index in [0.717, 1.165) is 8.61 Å². The Balaban J connectivity index is 1.23. The van der Waals surface area contributed by atoms with Crippen LogP contribution in [0.4, 0.5) is 11.4 Å². The topological polar surface area (TPSA) is 176 Å². The van der Waals surface area contributed by atoms with Crippen LogP contribution in [-0.4, -0.2) is 68.4 Å². The molecule has 0 atom stereocenters. The van der Waals surface area contributed by atoms with Gasteiger partial charge in [0, 0.05) is 10.0 Å². The van der Waals surface area contributed by atoms with Gasteiger partial charge in [-0.2, -0.15) is 10.2 Å². The lowest BCUT2D eigenvalue weighted by atomic mass is 10.2. The van der Waals surface area contributed by atoms with E-state index in [1.165, 1.54) is 87.3 Å². The second-order valence-corrected chi connectivity index (χ2v) is 16.1. The van der Waals surface area contributed by atoms with Gasteiger partial charge >= 0.3 is 0 Å². The molecular weight excluding hydrogens is 803 g/mol. The molecule has 0 spiro atoms. The monoisotopic (exact) mass is 836 g/mol. The molecule has 0 aliphatic carbocycles. The molecule has 0 aromatic heterocycles. The zero-order chi connectivity index (χ0) is 40.3. The lowest BCUT2D eigenvalue weighted by Gasteiger charge is -2.25. The van der Waals surface area contributed by atoms with E-state index in [1.54, 1.807) is 60.7 Å². The first-order valence-electron chi connectivity index (χ1n) is 16.4. The molecule has 0 unspecified atom stereocenters. The van der Waals surface area contributed by atoms with Crippen molar-refractivity contribution in [3.63, 3.8) is 0 Å². The Morgan fingerprint density at radius 1 is 0.589 bits per heavy atom. The highest BCUT2D eigenvalue weighted by Crippen LogP contribution is 2.36. The van der Waals surface area contributed by atoms with Gasteiger partial charge in [-0.15, -0.1) is 0 Å². The number of hydrogen-bond acceptors (Lipinski definition) is 10. The SMILES string of the molecule is COc1ccc(Cl)cc1N(CC(=O)N/N=C/c1ccc(/C=N/NC(=O)CN(c2cc(Cl)ccc2OC)S(=O)(=O)c2ccccc2)cc1)S(=O)(=O)c1ccccc1. The van der Waals surface area contributed by atoms with Crippen molar-refractivity contribution in [1.82, 2.24) is 10.9 Å². The van der Waals surface area contributed by atoms with Gasteiger partial charge in [-0.05, 0) is 71.8 Å². The Morgan fingerprint density at radius 2 is 0.946 bits per heavy atom. The molecule has 14 nitrogen and oxygen atoms in total. The van der Waals surface area contributed by atoms with E-state index < -0.39 is 45.0 Å². The molecule has 2 N–H and O–H groups in total. The van der Waals surface area contributed by atoms with E-state index in [0.29, 0.717) is 11.1 Å². The van der Waals surface area contributed by atoms with Crippen molar-refractivity contribution in [1.29, 1.82) is 0 Å². The molecule has 18 heteroatoms. The van der Waals surface area contributed by atoms with Crippen molar-refractivity contribution in [2.75, 3.05) is 35.9 Å². The van der Waals surface area contributed by atoms with Crippen molar-refractivity contribution in [2.45, 2.75) is 9.79 Å². The molecule has 2 amide bonds. The number of hydrogen-bond donors (Lipinski definition) is 2. The number of rotatable bonds is 16. The summed E-state index contributed by atoms with van der Waals surface area (Å²) in [5.41, 5.74) is 5.94. The summed E-state index contributed by atoms with van der Waals surface area (Å²) < 4.78 is 67.1. The summed E-state index contributed by atoms with van der Waals surface area (Å²) in [6.07, 6.45) is 2.70. The summed E-state index contributed by atoms with van der Waals surface area (Å²) >= 11 is 12.4. The van der Waals surface area contributed by atoms with Gasteiger partial charge in [0.1, 0.15) is 24.6 Å². The van der Waals surface area contributed by atoms with E-state index in [4.69, 9.17) is 32.7 Å². The second kappa shape index (κ2) is 18.6. The fourth-order valence-corrected chi connectivity index (χ4v) is 8.33. The molecule has 0 bridgehead atoms. The van der Waals surface area contributed by atoms with Crippen LogP contribution in [0.2, 0.25) is 10.0 Å². The molecule has 5 aromatic rings. The van der Waals surface area contributed by atoms with Gasteiger partial charge in [0.2, 0.25) is 0 Å². The molecule has 0 aliphatic rings. The van der Waals surface area contributed by atoms with Crippen LogP contribution in [0.15, 0.2) is 141 Å². The van der Waals surface area contributed by atoms with Gasteiger partial charge in [0.25, 0.3) is 31.9 Å². The van der Waals surface area contributed by atoms with Crippen LogP contribution in [-0.2, 0) is 29.6 Å². The van der Waals surface area contributed by atoms with Crippen LogP contribution in [0.5, 0.6) is 11.5 Å². The highest BCUT2D eigenvalue weighted by Gasteiger charge is 2.31. The maximum Gasteiger partial charge on any atom is 0.264 e. The summed E-state index contributed by atoms with van der Waals surface area (Å²) in [6.45, 7) is -1.29. The Labute approximate surface area is 334 Å². The van der Waals surface area contributed by atoms with Crippen LogP contribution >= 0.6 is 23.2 Å². The summed E-state index contributed by atoms with van der Waals surface area (Å²) in [7, 11) is -5.72. The van der Waals surface area contributed by atoms with Crippen molar-refractivity contribution in [2.24, 2.45) is 10.2 Å². The van der Waals surface area contributed by atoms with Crippen molar-refractivity contribution < 1.29 is 35.9 Å². The summed E-state index contributed by atoms with van der Waals surface area (Å²) in [6, 6.07) is 30.7. The van der Waals surface area contributed by atoms with E-state index in [1.807, 2.05) is 0 Å². The van der Waals surface area contributed by atoms with Gasteiger partial charge in [-0.25, -0.2) is 27.7 Å². The summed E-state index contributed by atoms with van der Waals surface area (Å²) in [5.74, 6) is -1.12. The number of halogens is 2. The Hall–Kier alpha value is -5.94. The molecule has 0 radical (unpaired) electrons. The van der Waals surface area contributed by atoms with Crippen LogP contribution in [0.3, 0.4) is 0 Å². The molecule has 0 saturated carbocycles. The number of methoxy groups -OCH3 is 2. The van der Waals surface area contributed by atoms with Crippen molar-refractivity contribution >= 4 is 78.9 Å². The summed E-state index contributed by atoms with van der Waals surface area (Å²) in [4.78, 5) is 26.0. The van der Waals surface area contributed by atoms with Gasteiger partial charge < -0.3 is 9.47 Å². The van der Waals surface area contributed by atoms with E-state index >= 15 is 0 Å². The first kappa shape index (κ1) is 41.2. The van der Waals surface area contributed by atoms with E-state index in [-0.39, 0.29) is 42.7 Å². The third-order valence-corrected chi connectivity index (χ3v) is 11.8. The molecule has 0 saturated heterocycles. The number of amides is 2. The molecule has 0 heterocycles. The maximum absolute atomic E-state index is 13.7. The fraction of sp³-hybridized carbons (Fsp3) is 0.105. The Kier molecular flexibility index (Phi) is 13.7. The molecule has 0 aliphatic heterocycles. The maximum atomic E-state index is 13.7. The molecule has 290 valence electrons. The van der Waals surface area contributed by atoms with E-state index in [2.05, 4.69) is 21.1 Å². The number of anilines is 2. The first-order valence-corrected chi connectivity index (χ1v) is 20.0. The van der Waals surface area contributed by atoms with Crippen LogP contribution in [0.1, 0.15) is 11.1 Å². The van der Waals surface area contributed by atoms with Gasteiger partial charge in [-0.1, -0.05) is 83.9 Å². The Bertz CT molecular complexity index is 2280. The normalized spacial score (nSPS) is 11.6. The second-order valence-electron chi connectivity index (χ2n) is 11.5. The number of benzene rings is 5. The molecule has 5 aromatic carbocycles. The average molecular weight is 838 g/mol. The predicted molar refractivity (Wildman–Crippen MR) is 216 cm³/mol. The number of nitrogens with one attached hydrogen (secondary N) is 2. The third-order valence-electron chi connectivity index (χ3n) is 7.80. The molecule has 56 heavy (non-hydrogen) atoms. The standard InChI is InChI=1S/C38H34Cl2N6O8S2/c1-53-35-19-17-29(39)21-33(35)45(55(49,50)31-9-5-3-6-10-31)25-37(47)43-41-23-27-13-15-28(16-14-27)24-42-44-38(48)26-46(34-22-30(40)18-20-36(34)54-2)56(51,52)32-11-7-4-8-12-32/h3-24H,25-26H2,1-2H3,(H,43,47)(H,44,48)/b41-23+,42-24+. The van der Waals surface area contributed by atoms with Gasteiger partial charge in [0.15, 0.2) is 0 Å². The molecule has 0 fully saturated rings. The minimum Gasteiger partial charge on any atom is -0.495 e. The summed E-state index contributed by atoms with van der Waals surface area (Å²) in [5, 5.41) is 8.40. The highest BCUT2D eigenvalue weighted by atomic mass is 35.5. The number of hydrazone groups is 2. The quantitative estimate of drug-likeness (QED) is 0.0940. The van der Waals surface area contributed by atoms with Crippen molar-refractivity contribution in [3.05, 3.63) is 142 Å². The smallest absolute Gasteiger partial charge is 0.264 e. The Morgan fingerprint density at radius 3 is 1.29 bits per heavy atom. The van der Waals surface area contributed by atoms with Crippen molar-refractivity contribution in [3.8, 4) is 11.5 Å². The zero-order valence-corrected chi connectivity index (χ0v) is 32.9. The molecule has 5 rings (SSSR count). The fourth-order valence-electron chi connectivity index (χ4n) is 5.11. The van der Waals surface area contributed by atoms with Gasteiger partial charge in [-0.3, -0.25) is 18.2 Å². The van der Waals surface area contributed by atoms with Crippen LogP contribution < -0.4 is 28.9 Å². The lowest BCUT2D eigenvalue weighted by Crippen LogP contribution is -2.39. The first-order chi connectivity index (χ1) is 26.8. The van der Waals surface area contributed by atoms with Crippen LogP contribution in [0.25, 0.3) is 0 Å². The van der Waals surface area contributed by atoms with Gasteiger partial charge in [0.05, 0.1) is 47.8 Å². The number of sulfonamides is 2. The predicted octanol–water partition coefficient (Wildman–Crippen LogP) is 5.70. The lowest BCUT2D eigenvalue weighted by molar-refractivity contribution is -0.120. The average Bonchev–Trinajstić information content (AvgIpc) is 3.20. The third kappa shape index (κ3) is 10.2. The molecular formula is C38H34Cl2N6O8S2. The highest BCUT2D eigenvalue weighted by molar-refractivity contribution is 7.93. The minimum absolute atomic E-state index is 0.0438.